The third-order valence-electron chi connectivity index (χ3n) is 10.7. The average Bonchev–Trinajstić information content (AvgIpc) is 3.29. The van der Waals surface area contributed by atoms with Crippen molar-refractivity contribution < 1.29 is 19.2 Å². The fraction of sp³-hybridized carbons (Fsp3) is 0.500. The Bertz CT molecular complexity index is 1490. The number of allylic oxidation sites excluding steroid dienone is 4. The third kappa shape index (κ3) is 5.11. The largest absolute Gasteiger partial charge is 0.451 e. The number of aromatic nitrogens is 1. The second-order valence-electron chi connectivity index (χ2n) is 13.2. The molecule has 7 nitrogen and oxygen atoms in total. The second-order valence-corrected chi connectivity index (χ2v) is 13.2. The van der Waals surface area contributed by atoms with Gasteiger partial charge in [-0.05, 0) is 105 Å². The summed E-state index contributed by atoms with van der Waals surface area (Å²) < 4.78 is 6.08. The molecule has 5 unspecified atom stereocenters. The minimum atomic E-state index is -1.07. The van der Waals surface area contributed by atoms with Crippen LogP contribution in [0.5, 0.6) is 0 Å². The highest BCUT2D eigenvalue weighted by Gasteiger charge is 2.67. The maximum atomic E-state index is 13.4. The summed E-state index contributed by atoms with van der Waals surface area (Å²) in [6, 6.07) is 12.8. The Labute approximate surface area is 255 Å². The van der Waals surface area contributed by atoms with Gasteiger partial charge in [-0.15, -0.1) is 0 Å². The van der Waals surface area contributed by atoms with E-state index in [4.69, 9.17) is 9.57 Å². The number of ketones is 1. The van der Waals surface area contributed by atoms with E-state index < -0.39 is 11.0 Å². The molecule has 6 rings (SSSR count). The molecule has 0 aliphatic heterocycles. The molecular weight excluding hydrogens is 538 g/mol. The highest BCUT2D eigenvalue weighted by atomic mass is 16.6. The van der Waals surface area contributed by atoms with Gasteiger partial charge >= 0.3 is 5.97 Å². The Morgan fingerprint density at radius 2 is 1.86 bits per heavy atom. The maximum Gasteiger partial charge on any atom is 0.303 e. The lowest BCUT2D eigenvalue weighted by molar-refractivity contribution is -0.182. The first kappa shape index (κ1) is 29.3. The van der Waals surface area contributed by atoms with Crippen molar-refractivity contribution in [3.8, 4) is 0 Å². The van der Waals surface area contributed by atoms with Crippen LogP contribution < -0.4 is 4.90 Å². The number of hydrogen-bond acceptors (Lipinski definition) is 7. The number of hydrogen-bond donors (Lipinski definition) is 0. The van der Waals surface area contributed by atoms with Crippen molar-refractivity contribution in [3.63, 3.8) is 0 Å². The summed E-state index contributed by atoms with van der Waals surface area (Å²) in [6.45, 7) is 5.69. The molecule has 0 N–H and O–H groups in total. The Kier molecular flexibility index (Phi) is 7.78. The molecule has 2 fully saturated rings. The van der Waals surface area contributed by atoms with Crippen molar-refractivity contribution >= 4 is 23.2 Å². The second kappa shape index (κ2) is 11.4. The van der Waals surface area contributed by atoms with Crippen molar-refractivity contribution in [1.82, 2.24) is 4.98 Å². The van der Waals surface area contributed by atoms with E-state index in [0.29, 0.717) is 18.9 Å². The monoisotopic (exact) mass is 581 g/mol. The van der Waals surface area contributed by atoms with Crippen molar-refractivity contribution in [1.29, 1.82) is 0 Å². The molecule has 0 spiro atoms. The lowest BCUT2D eigenvalue weighted by Crippen LogP contribution is -2.57. The van der Waals surface area contributed by atoms with Crippen LogP contribution in [0.1, 0.15) is 82.8 Å². The first-order chi connectivity index (χ1) is 20.6. The Hall–Kier alpha value is -3.74. The van der Waals surface area contributed by atoms with Crippen LogP contribution in [0.2, 0.25) is 0 Å². The number of fused-ring (bicyclic) bond motifs is 4. The first-order valence-electron chi connectivity index (χ1n) is 15.6. The highest BCUT2D eigenvalue weighted by Crippen LogP contribution is 2.67. The van der Waals surface area contributed by atoms with Gasteiger partial charge in [0.2, 0.25) is 0 Å². The van der Waals surface area contributed by atoms with Crippen LogP contribution in [0.4, 0.5) is 5.69 Å². The van der Waals surface area contributed by atoms with E-state index in [0.717, 1.165) is 55.5 Å². The molecule has 4 aliphatic rings. The van der Waals surface area contributed by atoms with Crippen molar-refractivity contribution in [2.45, 2.75) is 83.8 Å². The van der Waals surface area contributed by atoms with Crippen LogP contribution in [0, 0.1) is 17.3 Å². The summed E-state index contributed by atoms with van der Waals surface area (Å²) in [4.78, 5) is 37.8. The minimum Gasteiger partial charge on any atom is -0.451 e. The zero-order chi connectivity index (χ0) is 30.4. The van der Waals surface area contributed by atoms with Crippen LogP contribution in [-0.2, 0) is 25.8 Å². The maximum absolute atomic E-state index is 13.4. The topological polar surface area (TPSA) is 81.1 Å². The summed E-state index contributed by atoms with van der Waals surface area (Å²) in [7, 11) is 4.11. The predicted molar refractivity (Wildman–Crippen MR) is 168 cm³/mol. The van der Waals surface area contributed by atoms with Crippen molar-refractivity contribution in [2.75, 3.05) is 19.0 Å². The van der Waals surface area contributed by atoms with Gasteiger partial charge in [-0.25, -0.2) is 0 Å². The van der Waals surface area contributed by atoms with Crippen molar-refractivity contribution in [2.24, 2.45) is 22.4 Å². The Morgan fingerprint density at radius 3 is 2.53 bits per heavy atom. The molecule has 7 heteroatoms. The molecule has 4 aliphatic carbocycles. The van der Waals surface area contributed by atoms with Gasteiger partial charge in [0.25, 0.3) is 0 Å². The third-order valence-corrected chi connectivity index (χ3v) is 10.7. The van der Waals surface area contributed by atoms with E-state index in [2.05, 4.69) is 66.4 Å². The lowest BCUT2D eigenvalue weighted by Gasteiger charge is -2.55. The molecular formula is C36H43N3O4. The van der Waals surface area contributed by atoms with Gasteiger partial charge in [0.1, 0.15) is 6.61 Å². The minimum absolute atomic E-state index is 0.0216. The average molecular weight is 582 g/mol. The number of ether oxygens (including phenoxy) is 1. The van der Waals surface area contributed by atoms with Gasteiger partial charge in [-0.3, -0.25) is 14.6 Å². The highest BCUT2D eigenvalue weighted by molar-refractivity contribution is 5.97. The van der Waals surface area contributed by atoms with Crippen LogP contribution in [0.3, 0.4) is 0 Å². The van der Waals surface area contributed by atoms with E-state index in [1.165, 1.54) is 29.2 Å². The zero-order valence-electron chi connectivity index (χ0n) is 26.1. The quantitative estimate of drug-likeness (QED) is 0.260. The molecule has 0 saturated heterocycles. The summed E-state index contributed by atoms with van der Waals surface area (Å²) in [5, 5.41) is 4.51. The molecule has 1 heterocycles. The molecule has 1 aromatic heterocycles. The number of pyridine rings is 1. The van der Waals surface area contributed by atoms with Crippen LogP contribution in [0.15, 0.2) is 76.7 Å². The number of nitrogens with zero attached hydrogens (tertiary/aromatic N) is 3. The summed E-state index contributed by atoms with van der Waals surface area (Å²) in [5.74, 6) is 0.392. The zero-order valence-corrected chi connectivity index (χ0v) is 26.1. The number of oxime groups is 1. The van der Waals surface area contributed by atoms with Gasteiger partial charge < -0.3 is 14.5 Å². The number of rotatable bonds is 7. The number of esters is 1. The lowest BCUT2D eigenvalue weighted by atomic mass is 9.50. The molecule has 0 bridgehead atoms. The standard InChI is InChI=1S/C36H43N3O4/c1-23(40)36(43-24(2)41)17-16-33-31-14-10-27-19-28(38-42-22-25-7-6-18-37-21-25)11-15-30(27)34(31)32(20-35(33,36)3)26-8-12-29(13-9-26)39(4)5/h6-9,12-13,18-19,21,31-33H,10-11,14-17,20,22H2,1-5H3/b38-28-. The van der Waals surface area contributed by atoms with E-state index in [-0.39, 0.29) is 23.6 Å². The van der Waals surface area contributed by atoms with Crippen LogP contribution in [0.25, 0.3) is 0 Å². The molecule has 226 valence electrons. The number of carbonyl (C=O) groups is 2. The number of anilines is 1. The summed E-state index contributed by atoms with van der Waals surface area (Å²) in [5.41, 5.74) is 7.28. The van der Waals surface area contributed by atoms with Gasteiger partial charge in [-0.2, -0.15) is 0 Å². The van der Waals surface area contributed by atoms with Crippen LogP contribution in [-0.4, -0.2) is 42.1 Å². The van der Waals surface area contributed by atoms with Gasteiger partial charge in [0.05, 0.1) is 5.71 Å². The van der Waals surface area contributed by atoms with Gasteiger partial charge in [0.15, 0.2) is 11.4 Å². The van der Waals surface area contributed by atoms with Crippen LogP contribution >= 0.6 is 0 Å². The van der Waals surface area contributed by atoms with Crippen molar-refractivity contribution in [3.05, 3.63) is 82.7 Å². The normalized spacial score (nSPS) is 30.6. The number of benzene rings is 1. The molecule has 2 aromatic rings. The molecule has 1 aromatic carbocycles. The fourth-order valence-electron chi connectivity index (χ4n) is 8.77. The number of carbonyl (C=O) groups excluding carboxylic acids is 2. The summed E-state index contributed by atoms with van der Waals surface area (Å²) >= 11 is 0. The predicted octanol–water partition coefficient (Wildman–Crippen LogP) is 6.94. The van der Waals surface area contributed by atoms with E-state index in [1.54, 1.807) is 19.3 Å². The van der Waals surface area contributed by atoms with Gasteiger partial charge in [0, 0.05) is 56.0 Å². The number of Topliss-reactive ketones (excluding diaryl/α,β-unsaturated/α-hetero) is 1. The molecule has 2 saturated carbocycles. The van der Waals surface area contributed by atoms with E-state index in [1.807, 2.05) is 12.1 Å². The Balaban J connectivity index is 1.40. The molecule has 0 radical (unpaired) electrons. The molecule has 43 heavy (non-hydrogen) atoms. The van der Waals surface area contributed by atoms with Gasteiger partial charge in [-0.1, -0.05) is 35.9 Å². The van der Waals surface area contributed by atoms with E-state index >= 15 is 0 Å². The fourth-order valence-corrected chi connectivity index (χ4v) is 8.77. The first-order valence-corrected chi connectivity index (χ1v) is 15.6. The van der Waals surface area contributed by atoms with E-state index in [9.17, 15) is 9.59 Å². The molecule has 0 amide bonds. The molecule has 5 atom stereocenters. The SMILES string of the molecule is CC(=O)OC1(C(C)=O)CCC2C3CCC4=C/C(=N\OCc5cccnc5)CCC4=C3C(c3ccc(N(C)C)cc3)CC21C. The Morgan fingerprint density at radius 1 is 1.07 bits per heavy atom. The summed E-state index contributed by atoms with van der Waals surface area (Å²) in [6.07, 6.45) is 11.9. The smallest absolute Gasteiger partial charge is 0.303 e.